The third-order valence-corrected chi connectivity index (χ3v) is 1.29. The van der Waals surface area contributed by atoms with E-state index in [2.05, 4.69) is 6.58 Å². The van der Waals surface area contributed by atoms with E-state index < -0.39 is 21.3 Å². The van der Waals surface area contributed by atoms with E-state index in [1.165, 1.54) is 0 Å². The van der Waals surface area contributed by atoms with Crippen molar-refractivity contribution in [1.82, 2.24) is 0 Å². The fraction of sp³-hybridized carbons (Fsp3) is 0.333. The summed E-state index contributed by atoms with van der Waals surface area (Å²) < 4.78 is 8.96. The Kier molecular flexibility index (Phi) is 4.93. The summed E-state index contributed by atoms with van der Waals surface area (Å²) in [6.07, 6.45) is 1.74. The summed E-state index contributed by atoms with van der Waals surface area (Å²) in [6, 6.07) is 0. The van der Waals surface area contributed by atoms with Gasteiger partial charge in [-0.05, 0) is 0 Å². The second kappa shape index (κ2) is 4.49. The SMILES string of the molecule is C=CC[Te]O. The first-order chi connectivity index (χ1) is 2.41. The second-order valence-electron chi connectivity index (χ2n) is 0.584. The molecule has 0 aromatic heterocycles. The normalized spacial score (nSPS) is 7.40. The molecule has 0 radical (unpaired) electrons. The van der Waals surface area contributed by atoms with Crippen molar-refractivity contribution in [3.63, 3.8) is 0 Å². The average molecular weight is 186 g/mol. The van der Waals surface area contributed by atoms with Crippen LogP contribution in [0.1, 0.15) is 0 Å². The summed E-state index contributed by atoms with van der Waals surface area (Å²) in [6.45, 7) is 3.42. The first-order valence-corrected chi connectivity index (χ1v) is 3.98. The van der Waals surface area contributed by atoms with Crippen LogP contribution < -0.4 is 0 Å². The van der Waals surface area contributed by atoms with Crippen molar-refractivity contribution in [3.8, 4) is 0 Å². The van der Waals surface area contributed by atoms with Gasteiger partial charge in [0.2, 0.25) is 0 Å². The van der Waals surface area contributed by atoms with Gasteiger partial charge in [-0.3, -0.25) is 0 Å². The Balaban J connectivity index is 2.40. The zero-order chi connectivity index (χ0) is 4.12. The number of rotatable bonds is 2. The molecule has 1 N–H and O–H groups in total. The van der Waals surface area contributed by atoms with E-state index in [1.807, 2.05) is 0 Å². The molecule has 1 nitrogen and oxygen atoms in total. The van der Waals surface area contributed by atoms with Crippen LogP contribution in [-0.4, -0.2) is 24.8 Å². The summed E-state index contributed by atoms with van der Waals surface area (Å²) >= 11 is -0.645. The van der Waals surface area contributed by atoms with Gasteiger partial charge in [0.25, 0.3) is 0 Å². The fourth-order valence-corrected chi connectivity index (χ4v) is 0.354. The van der Waals surface area contributed by atoms with Crippen LogP contribution in [-0.2, 0) is 0 Å². The van der Waals surface area contributed by atoms with Crippen LogP contribution in [0, 0.1) is 0 Å². The topological polar surface area (TPSA) is 20.2 Å². The van der Waals surface area contributed by atoms with Gasteiger partial charge < -0.3 is 0 Å². The minimum atomic E-state index is -0.645. The predicted octanol–water partition coefficient (Wildman–Crippen LogP) is 0.202. The summed E-state index contributed by atoms with van der Waals surface area (Å²) in [4.78, 5) is 0. The van der Waals surface area contributed by atoms with E-state index in [4.69, 9.17) is 3.47 Å². The molecule has 0 amide bonds. The van der Waals surface area contributed by atoms with Crippen molar-refractivity contribution < 1.29 is 3.47 Å². The summed E-state index contributed by atoms with van der Waals surface area (Å²) in [7, 11) is 0. The quantitative estimate of drug-likeness (QED) is 0.482. The van der Waals surface area contributed by atoms with Crippen molar-refractivity contribution in [1.29, 1.82) is 0 Å². The van der Waals surface area contributed by atoms with Crippen molar-refractivity contribution in [3.05, 3.63) is 12.7 Å². The average Bonchev–Trinajstić information content (AvgIpc) is 1.41. The Labute approximate surface area is 42.3 Å². The van der Waals surface area contributed by atoms with E-state index in [9.17, 15) is 0 Å². The molecule has 5 heavy (non-hydrogen) atoms. The van der Waals surface area contributed by atoms with E-state index in [0.717, 1.165) is 4.47 Å². The Morgan fingerprint density at radius 2 is 2.60 bits per heavy atom. The van der Waals surface area contributed by atoms with Gasteiger partial charge in [-0.1, -0.05) is 0 Å². The molecule has 0 aliphatic carbocycles. The Morgan fingerprint density at radius 1 is 2.00 bits per heavy atom. The first kappa shape index (κ1) is 5.49. The standard InChI is InChI=1S/C3H6OTe/c1-2-3-5-4/h2,4H,1,3H2. The molecule has 0 saturated heterocycles. The summed E-state index contributed by atoms with van der Waals surface area (Å²) in [5.74, 6) is 0. The molecule has 0 unspecified atom stereocenters. The van der Waals surface area contributed by atoms with Crippen LogP contribution in [0.15, 0.2) is 12.7 Å². The first-order valence-electron chi connectivity index (χ1n) is 1.29. The molecule has 0 aliphatic heterocycles. The molecule has 0 spiro atoms. The number of hydrogen-bond donors (Lipinski definition) is 1. The second-order valence-corrected chi connectivity index (χ2v) is 2.27. The molecule has 0 atom stereocenters. The summed E-state index contributed by atoms with van der Waals surface area (Å²) in [5.41, 5.74) is 0. The molecule has 0 saturated carbocycles. The third kappa shape index (κ3) is 4.49. The van der Waals surface area contributed by atoms with E-state index in [1.54, 1.807) is 6.08 Å². The Morgan fingerprint density at radius 3 is 2.60 bits per heavy atom. The molecule has 0 aliphatic rings. The van der Waals surface area contributed by atoms with Gasteiger partial charge in [-0.2, -0.15) is 0 Å². The Bertz CT molecular complexity index is 28.1. The Hall–Kier alpha value is 0.490. The van der Waals surface area contributed by atoms with Gasteiger partial charge >= 0.3 is 41.9 Å². The molecule has 0 rings (SSSR count). The number of allylic oxidation sites excluding steroid dienone is 1. The van der Waals surface area contributed by atoms with Crippen molar-refractivity contribution in [2.24, 2.45) is 0 Å². The molecule has 0 heterocycles. The minimum absolute atomic E-state index is 0.645. The van der Waals surface area contributed by atoms with Crippen LogP contribution in [0.5, 0.6) is 0 Å². The molecule has 2 heteroatoms. The zero-order valence-corrected chi connectivity index (χ0v) is 5.18. The van der Waals surface area contributed by atoms with E-state index in [-0.39, 0.29) is 0 Å². The van der Waals surface area contributed by atoms with Crippen LogP contribution in [0.2, 0.25) is 4.47 Å². The van der Waals surface area contributed by atoms with Crippen LogP contribution >= 0.6 is 0 Å². The van der Waals surface area contributed by atoms with Gasteiger partial charge in [-0.25, -0.2) is 0 Å². The maximum atomic E-state index is 8.12. The molecule has 0 aromatic carbocycles. The van der Waals surface area contributed by atoms with E-state index in [0.29, 0.717) is 0 Å². The van der Waals surface area contributed by atoms with Crippen molar-refractivity contribution in [2.75, 3.05) is 0 Å². The maximum absolute atomic E-state index is 8.12. The van der Waals surface area contributed by atoms with Gasteiger partial charge in [-0.15, -0.1) is 0 Å². The third-order valence-electron chi connectivity index (χ3n) is 0.192. The van der Waals surface area contributed by atoms with Crippen molar-refractivity contribution in [2.45, 2.75) is 4.47 Å². The molecular formula is C3H6OTe. The molecule has 30 valence electrons. The van der Waals surface area contributed by atoms with Gasteiger partial charge in [0.05, 0.1) is 0 Å². The fourth-order valence-electron chi connectivity index (χ4n) is 0.0527. The van der Waals surface area contributed by atoms with E-state index >= 15 is 0 Å². The van der Waals surface area contributed by atoms with Crippen molar-refractivity contribution >= 4 is 21.3 Å². The van der Waals surface area contributed by atoms with Crippen LogP contribution in [0.25, 0.3) is 0 Å². The van der Waals surface area contributed by atoms with Gasteiger partial charge in [0.1, 0.15) is 0 Å². The molecular weight excluding hydrogens is 180 g/mol. The van der Waals surface area contributed by atoms with Crippen LogP contribution in [0.4, 0.5) is 0 Å². The number of hydrogen-bond acceptors (Lipinski definition) is 1. The zero-order valence-electron chi connectivity index (χ0n) is 2.85. The molecule has 0 fully saturated rings. The molecule has 0 bridgehead atoms. The van der Waals surface area contributed by atoms with Crippen LogP contribution in [0.3, 0.4) is 0 Å². The molecule has 0 aromatic rings. The monoisotopic (exact) mass is 188 g/mol. The summed E-state index contributed by atoms with van der Waals surface area (Å²) in [5, 5.41) is 0. The van der Waals surface area contributed by atoms with Gasteiger partial charge in [0.15, 0.2) is 0 Å². The van der Waals surface area contributed by atoms with Gasteiger partial charge in [0, 0.05) is 0 Å². The predicted molar refractivity (Wildman–Crippen MR) is 23.0 cm³/mol.